The van der Waals surface area contributed by atoms with Crippen LogP contribution in [0.5, 0.6) is 11.5 Å². The van der Waals surface area contributed by atoms with Gasteiger partial charge in [-0.2, -0.15) is 0 Å². The highest BCUT2D eigenvalue weighted by Crippen LogP contribution is 2.38. The van der Waals surface area contributed by atoms with Gasteiger partial charge in [-0.05, 0) is 108 Å². The van der Waals surface area contributed by atoms with Crippen molar-refractivity contribution in [1.29, 1.82) is 0 Å². The third kappa shape index (κ3) is 7.31. The molecule has 11 heteroatoms. The molecule has 1 aliphatic heterocycles. The number of halogens is 3. The number of esters is 1. The van der Waals surface area contributed by atoms with Crippen molar-refractivity contribution in [3.05, 3.63) is 89.8 Å². The molecule has 0 N–H and O–H groups in total. The molecule has 0 aliphatic carbocycles. The molecule has 1 amide bonds. The van der Waals surface area contributed by atoms with E-state index in [9.17, 15) is 9.59 Å². The van der Waals surface area contributed by atoms with Crippen LogP contribution >= 0.6 is 57.6 Å². The second-order valence-electron chi connectivity index (χ2n) is 8.42. The van der Waals surface area contributed by atoms with Crippen LogP contribution in [0.3, 0.4) is 0 Å². The van der Waals surface area contributed by atoms with Gasteiger partial charge in [-0.3, -0.25) is 9.69 Å². The van der Waals surface area contributed by atoms with Gasteiger partial charge in [-0.15, -0.1) is 0 Å². The van der Waals surface area contributed by atoms with Crippen molar-refractivity contribution in [3.63, 3.8) is 0 Å². The first-order valence-corrected chi connectivity index (χ1v) is 14.9. The molecule has 40 heavy (non-hydrogen) atoms. The Bertz CT molecular complexity index is 1490. The van der Waals surface area contributed by atoms with Gasteiger partial charge in [0.25, 0.3) is 5.91 Å². The van der Waals surface area contributed by atoms with E-state index in [2.05, 4.69) is 27.6 Å². The highest BCUT2D eigenvalue weighted by atomic mass is 127. The summed E-state index contributed by atoms with van der Waals surface area (Å²) in [7, 11) is 1.68. The van der Waals surface area contributed by atoms with Crippen molar-refractivity contribution in [3.8, 4) is 11.5 Å². The summed E-state index contributed by atoms with van der Waals surface area (Å²) >= 11 is 15.8. The van der Waals surface area contributed by atoms with Gasteiger partial charge in [0.15, 0.2) is 16.7 Å². The monoisotopic (exact) mass is 710 g/mol. The number of thioether (sulfide) groups is 1. The number of nitrogens with zero attached hydrogens (tertiary/aromatic N) is 2. The number of rotatable bonds is 9. The number of amides is 1. The maximum absolute atomic E-state index is 13.0. The van der Waals surface area contributed by atoms with E-state index in [0.717, 1.165) is 14.7 Å². The van der Waals surface area contributed by atoms with E-state index in [0.29, 0.717) is 56.1 Å². The molecule has 0 radical (unpaired) electrons. The Morgan fingerprint density at radius 3 is 2.48 bits per heavy atom. The summed E-state index contributed by atoms with van der Waals surface area (Å²) in [6, 6.07) is 15.8. The number of hydrogen-bond donors (Lipinski definition) is 0. The molecule has 0 spiro atoms. The van der Waals surface area contributed by atoms with E-state index in [-0.39, 0.29) is 18.5 Å². The summed E-state index contributed by atoms with van der Waals surface area (Å²) in [6.07, 6.45) is 1.81. The lowest BCUT2D eigenvalue weighted by Crippen LogP contribution is -2.23. The molecular formula is C29H25Cl2IN2O5S. The normalized spacial score (nSPS) is 15.2. The van der Waals surface area contributed by atoms with Crippen LogP contribution in [0.1, 0.15) is 35.3 Å². The van der Waals surface area contributed by atoms with Crippen LogP contribution in [0.2, 0.25) is 10.0 Å². The van der Waals surface area contributed by atoms with E-state index in [1.54, 1.807) is 56.4 Å². The molecule has 0 unspecified atom stereocenters. The minimum Gasteiger partial charge on any atom is -0.490 e. The van der Waals surface area contributed by atoms with Gasteiger partial charge in [-0.25, -0.2) is 9.79 Å². The lowest BCUT2D eigenvalue weighted by atomic mass is 10.1. The van der Waals surface area contributed by atoms with E-state index in [1.165, 1.54) is 16.7 Å². The predicted octanol–water partition coefficient (Wildman–Crippen LogP) is 7.99. The number of carbonyl (C=O) groups is 2. The summed E-state index contributed by atoms with van der Waals surface area (Å²) in [6.45, 7) is 4.64. The minimum atomic E-state index is -0.388. The van der Waals surface area contributed by atoms with Crippen molar-refractivity contribution < 1.29 is 23.8 Å². The van der Waals surface area contributed by atoms with Gasteiger partial charge in [0.05, 0.1) is 32.9 Å². The first-order chi connectivity index (χ1) is 19.2. The highest BCUT2D eigenvalue weighted by Gasteiger charge is 2.30. The topological polar surface area (TPSA) is 77.4 Å². The number of amidine groups is 1. The minimum absolute atomic E-state index is 0.169. The maximum Gasteiger partial charge on any atom is 0.338 e. The summed E-state index contributed by atoms with van der Waals surface area (Å²) < 4.78 is 17.8. The molecule has 1 saturated heterocycles. The van der Waals surface area contributed by atoms with Crippen LogP contribution < -0.4 is 9.47 Å². The third-order valence-electron chi connectivity index (χ3n) is 5.62. The van der Waals surface area contributed by atoms with Crippen molar-refractivity contribution in [2.45, 2.75) is 20.5 Å². The van der Waals surface area contributed by atoms with Gasteiger partial charge in [0.2, 0.25) is 0 Å². The average Bonchev–Trinajstić information content (AvgIpc) is 3.17. The Labute approximate surface area is 260 Å². The first-order valence-electron chi connectivity index (χ1n) is 12.3. The molecule has 0 aromatic heterocycles. The van der Waals surface area contributed by atoms with Gasteiger partial charge >= 0.3 is 5.97 Å². The third-order valence-corrected chi connectivity index (χ3v) is 8.07. The van der Waals surface area contributed by atoms with Crippen LogP contribution in [0, 0.1) is 3.57 Å². The average molecular weight is 711 g/mol. The Kier molecular flexibility index (Phi) is 10.4. The molecule has 7 nitrogen and oxygen atoms in total. The van der Waals surface area contributed by atoms with E-state index < -0.39 is 0 Å². The number of likely N-dealkylation sites (N-methyl/N-ethyl adjacent to an activating group) is 1. The summed E-state index contributed by atoms with van der Waals surface area (Å²) in [4.78, 5) is 31.5. The molecule has 0 bridgehead atoms. The van der Waals surface area contributed by atoms with Gasteiger partial charge in [-0.1, -0.05) is 29.3 Å². The second-order valence-corrected chi connectivity index (χ2v) is 11.4. The second kappa shape index (κ2) is 13.8. The van der Waals surface area contributed by atoms with Gasteiger partial charge in [0.1, 0.15) is 6.61 Å². The largest absolute Gasteiger partial charge is 0.490 e. The number of hydrogen-bond acceptors (Lipinski definition) is 7. The van der Waals surface area contributed by atoms with Crippen LogP contribution in [-0.2, 0) is 16.1 Å². The summed E-state index contributed by atoms with van der Waals surface area (Å²) in [5, 5.41) is 1.61. The number of benzene rings is 3. The number of ether oxygens (including phenoxy) is 3. The van der Waals surface area contributed by atoms with Crippen molar-refractivity contribution in [1.82, 2.24) is 4.90 Å². The molecule has 0 atom stereocenters. The Morgan fingerprint density at radius 2 is 1.80 bits per heavy atom. The Hall–Kier alpha value is -2.73. The van der Waals surface area contributed by atoms with Gasteiger partial charge < -0.3 is 14.2 Å². The number of aliphatic imine (C=N–C) groups is 1. The zero-order valence-electron chi connectivity index (χ0n) is 21.9. The molecule has 1 heterocycles. The standard InChI is InChI=1S/C29H25Cl2IN2O5S/c1-4-37-24-13-17(12-23(32)26(24)39-16-19-6-9-20(30)15-22(19)31)14-25-27(35)34(3)29(40-25)33-21-10-7-18(8-11-21)28(36)38-5-2/h6-15H,4-5,16H2,1-3H3. The molecular weight excluding hydrogens is 686 g/mol. The van der Waals surface area contributed by atoms with E-state index in [4.69, 9.17) is 37.4 Å². The fraction of sp³-hybridized carbons (Fsp3) is 0.207. The smallest absolute Gasteiger partial charge is 0.338 e. The fourth-order valence-electron chi connectivity index (χ4n) is 3.66. The van der Waals surface area contributed by atoms with Crippen molar-refractivity contribution in [2.75, 3.05) is 20.3 Å². The number of carbonyl (C=O) groups excluding carboxylic acids is 2. The van der Waals surface area contributed by atoms with Crippen LogP contribution in [0.25, 0.3) is 6.08 Å². The lowest BCUT2D eigenvalue weighted by molar-refractivity contribution is -0.121. The zero-order valence-corrected chi connectivity index (χ0v) is 26.4. The summed E-state index contributed by atoms with van der Waals surface area (Å²) in [5.74, 6) is 0.593. The van der Waals surface area contributed by atoms with Crippen LogP contribution in [0.4, 0.5) is 5.69 Å². The van der Waals surface area contributed by atoms with Crippen LogP contribution in [-0.4, -0.2) is 42.2 Å². The molecule has 3 aromatic rings. The van der Waals surface area contributed by atoms with E-state index >= 15 is 0 Å². The Balaban J connectivity index is 1.55. The zero-order chi connectivity index (χ0) is 28.8. The fourth-order valence-corrected chi connectivity index (χ4v) is 5.89. The van der Waals surface area contributed by atoms with Crippen molar-refractivity contribution in [2.24, 2.45) is 4.99 Å². The predicted molar refractivity (Wildman–Crippen MR) is 169 cm³/mol. The lowest BCUT2D eigenvalue weighted by Gasteiger charge is -2.15. The molecule has 208 valence electrons. The first kappa shape index (κ1) is 30.2. The van der Waals surface area contributed by atoms with E-state index in [1.807, 2.05) is 25.1 Å². The molecule has 4 rings (SSSR count). The quantitative estimate of drug-likeness (QED) is 0.127. The molecule has 1 fully saturated rings. The maximum atomic E-state index is 13.0. The van der Waals surface area contributed by atoms with Crippen molar-refractivity contribution >= 4 is 86.4 Å². The summed E-state index contributed by atoms with van der Waals surface area (Å²) in [5.41, 5.74) is 2.65. The molecule has 0 saturated carbocycles. The highest BCUT2D eigenvalue weighted by molar-refractivity contribution is 14.1. The van der Waals surface area contributed by atoms with Crippen LogP contribution in [0.15, 0.2) is 64.5 Å². The molecule has 3 aromatic carbocycles. The SMILES string of the molecule is CCOC(=O)c1ccc(N=C2SC(=Cc3cc(I)c(OCc4ccc(Cl)cc4Cl)c(OCC)c3)C(=O)N2C)cc1. The van der Waals surface area contributed by atoms with Gasteiger partial charge in [0, 0.05) is 22.7 Å². The Morgan fingerprint density at radius 1 is 1.05 bits per heavy atom. The molecule has 1 aliphatic rings.